The number of methoxy groups -OCH3 is 1. The van der Waals surface area contributed by atoms with Crippen LogP contribution in [0.1, 0.15) is 33.1 Å². The maximum atomic E-state index is 10.2. The van der Waals surface area contributed by atoms with Gasteiger partial charge in [-0.25, -0.2) is 0 Å². The molecule has 1 aliphatic heterocycles. The van der Waals surface area contributed by atoms with Gasteiger partial charge >= 0.3 is 0 Å². The number of nitrogens with one attached hydrogen (secondary N) is 1. The molecule has 0 radical (unpaired) electrons. The molecule has 0 amide bonds. The first-order valence-corrected chi connectivity index (χ1v) is 7.53. The Morgan fingerprint density at radius 2 is 2.10 bits per heavy atom. The molecule has 1 fully saturated rings. The highest BCUT2D eigenvalue weighted by Crippen LogP contribution is 2.19. The molecule has 0 aromatic rings. The van der Waals surface area contributed by atoms with Gasteiger partial charge in [-0.15, -0.1) is 0 Å². The minimum Gasteiger partial charge on any atom is -0.377 e. The Morgan fingerprint density at radius 3 is 2.70 bits per heavy atom. The Labute approximate surface area is 122 Å². The van der Waals surface area contributed by atoms with Crippen molar-refractivity contribution in [2.45, 2.75) is 38.9 Å². The zero-order valence-electron chi connectivity index (χ0n) is 13.0. The van der Waals surface area contributed by atoms with E-state index in [0.29, 0.717) is 12.5 Å². The Hall–Kier alpha value is -0.680. The van der Waals surface area contributed by atoms with Crippen LogP contribution in [0.15, 0.2) is 23.8 Å². The summed E-state index contributed by atoms with van der Waals surface area (Å²) in [5, 5.41) is 13.5. The molecular formula is C16H29NO3. The molecule has 0 aromatic carbocycles. The van der Waals surface area contributed by atoms with E-state index < -0.39 is 5.79 Å². The summed E-state index contributed by atoms with van der Waals surface area (Å²) in [6, 6.07) is 0. The van der Waals surface area contributed by atoms with E-state index in [1.807, 2.05) is 18.2 Å². The lowest BCUT2D eigenvalue weighted by Crippen LogP contribution is -2.30. The van der Waals surface area contributed by atoms with Crippen LogP contribution in [0.25, 0.3) is 0 Å². The number of aliphatic hydroxyl groups is 1. The second kappa shape index (κ2) is 9.29. The molecule has 1 aliphatic rings. The summed E-state index contributed by atoms with van der Waals surface area (Å²) in [6.45, 7) is 7.18. The van der Waals surface area contributed by atoms with Gasteiger partial charge in [0.05, 0.1) is 6.61 Å². The molecular weight excluding hydrogens is 254 g/mol. The second-order valence-electron chi connectivity index (χ2n) is 5.39. The molecule has 4 heteroatoms. The predicted molar refractivity (Wildman–Crippen MR) is 81.6 cm³/mol. The lowest BCUT2D eigenvalue weighted by atomic mass is 9.99. The van der Waals surface area contributed by atoms with Gasteiger partial charge in [-0.05, 0) is 45.2 Å². The van der Waals surface area contributed by atoms with E-state index in [4.69, 9.17) is 9.47 Å². The monoisotopic (exact) mass is 283 g/mol. The van der Waals surface area contributed by atoms with Crippen LogP contribution in [-0.2, 0) is 9.47 Å². The van der Waals surface area contributed by atoms with Gasteiger partial charge in [0.25, 0.3) is 0 Å². The van der Waals surface area contributed by atoms with E-state index in [1.165, 1.54) is 20.0 Å². The molecule has 1 unspecified atom stereocenters. The first-order valence-electron chi connectivity index (χ1n) is 7.53. The van der Waals surface area contributed by atoms with E-state index >= 15 is 0 Å². The smallest absolute Gasteiger partial charge is 0.188 e. The molecule has 0 aromatic heterocycles. The Bertz CT molecular complexity index is 318. The van der Waals surface area contributed by atoms with Crippen molar-refractivity contribution in [3.8, 4) is 0 Å². The minimum atomic E-state index is -1.26. The fraction of sp³-hybridized carbons (Fsp3) is 0.750. The maximum Gasteiger partial charge on any atom is 0.188 e. The van der Waals surface area contributed by atoms with E-state index in [-0.39, 0.29) is 0 Å². The van der Waals surface area contributed by atoms with Crippen molar-refractivity contribution < 1.29 is 14.6 Å². The molecule has 1 rings (SSSR count). The molecule has 1 heterocycles. The fourth-order valence-corrected chi connectivity index (χ4v) is 2.21. The molecule has 20 heavy (non-hydrogen) atoms. The van der Waals surface area contributed by atoms with Crippen LogP contribution in [0, 0.1) is 5.92 Å². The van der Waals surface area contributed by atoms with E-state index in [2.05, 4.69) is 12.2 Å². The van der Waals surface area contributed by atoms with Crippen LogP contribution >= 0.6 is 0 Å². The van der Waals surface area contributed by atoms with E-state index in [0.717, 1.165) is 31.7 Å². The lowest BCUT2D eigenvalue weighted by Gasteiger charge is -2.24. The lowest BCUT2D eigenvalue weighted by molar-refractivity contribution is -0.137. The van der Waals surface area contributed by atoms with Gasteiger partial charge in [0.1, 0.15) is 0 Å². The molecule has 0 spiro atoms. The minimum absolute atomic E-state index is 0.507. The predicted octanol–water partition coefficient (Wildman–Crippen LogP) is 2.25. The molecule has 116 valence electrons. The number of piperidine rings is 1. The van der Waals surface area contributed by atoms with Crippen LogP contribution in [0.3, 0.4) is 0 Å². The van der Waals surface area contributed by atoms with Gasteiger partial charge in [-0.1, -0.05) is 25.2 Å². The zero-order valence-corrected chi connectivity index (χ0v) is 13.0. The van der Waals surface area contributed by atoms with Gasteiger partial charge < -0.3 is 19.9 Å². The number of hydrogen-bond donors (Lipinski definition) is 2. The summed E-state index contributed by atoms with van der Waals surface area (Å²) in [6.07, 6.45) is 9.09. The molecule has 2 N–H and O–H groups in total. The Morgan fingerprint density at radius 1 is 1.40 bits per heavy atom. The van der Waals surface area contributed by atoms with Gasteiger partial charge in [-0.3, -0.25) is 0 Å². The van der Waals surface area contributed by atoms with Crippen LogP contribution in [0.5, 0.6) is 0 Å². The average Bonchev–Trinajstić information content (AvgIpc) is 2.47. The first-order chi connectivity index (χ1) is 9.60. The van der Waals surface area contributed by atoms with Crippen LogP contribution in [-0.4, -0.2) is 44.3 Å². The molecule has 1 atom stereocenters. The third-order valence-corrected chi connectivity index (χ3v) is 3.70. The van der Waals surface area contributed by atoms with Crippen molar-refractivity contribution >= 4 is 0 Å². The number of hydrogen-bond acceptors (Lipinski definition) is 4. The SMILES string of the molecule is CC/C=C\C(=C/COCC1CCNCC1)C(C)(O)OC. The Kier molecular flexibility index (Phi) is 8.07. The third kappa shape index (κ3) is 6.18. The quantitative estimate of drug-likeness (QED) is 0.407. The van der Waals surface area contributed by atoms with Crippen molar-refractivity contribution in [3.05, 3.63) is 23.8 Å². The second-order valence-corrected chi connectivity index (χ2v) is 5.39. The highest BCUT2D eigenvalue weighted by molar-refractivity contribution is 5.25. The van der Waals surface area contributed by atoms with Gasteiger partial charge in [0, 0.05) is 19.3 Å². The van der Waals surface area contributed by atoms with Crippen LogP contribution < -0.4 is 5.32 Å². The highest BCUT2D eigenvalue weighted by Gasteiger charge is 2.22. The largest absolute Gasteiger partial charge is 0.377 e. The van der Waals surface area contributed by atoms with Crippen LogP contribution in [0.2, 0.25) is 0 Å². The molecule has 0 saturated carbocycles. The van der Waals surface area contributed by atoms with Gasteiger partial charge in [0.15, 0.2) is 5.79 Å². The number of rotatable bonds is 8. The molecule has 0 aliphatic carbocycles. The summed E-state index contributed by atoms with van der Waals surface area (Å²) < 4.78 is 10.8. The summed E-state index contributed by atoms with van der Waals surface area (Å²) in [4.78, 5) is 0. The normalized spacial score (nSPS) is 21.3. The van der Waals surface area contributed by atoms with Crippen molar-refractivity contribution in [1.82, 2.24) is 5.32 Å². The summed E-state index contributed by atoms with van der Waals surface area (Å²) >= 11 is 0. The van der Waals surface area contributed by atoms with Crippen molar-refractivity contribution in [3.63, 3.8) is 0 Å². The van der Waals surface area contributed by atoms with E-state index in [9.17, 15) is 5.11 Å². The topological polar surface area (TPSA) is 50.7 Å². The van der Waals surface area contributed by atoms with Gasteiger partial charge in [-0.2, -0.15) is 0 Å². The number of allylic oxidation sites excluding steroid dienone is 1. The van der Waals surface area contributed by atoms with E-state index in [1.54, 1.807) is 6.92 Å². The fourth-order valence-electron chi connectivity index (χ4n) is 2.21. The standard InChI is InChI=1S/C16H29NO3/c1-4-5-6-15(16(2,18)19-3)9-12-20-13-14-7-10-17-11-8-14/h5-6,9,14,17-18H,4,7-8,10-13H2,1-3H3/b6-5-,15-9+. The Balaban J connectivity index is 2.43. The third-order valence-electron chi connectivity index (χ3n) is 3.70. The summed E-state index contributed by atoms with van der Waals surface area (Å²) in [5.74, 6) is -0.605. The van der Waals surface area contributed by atoms with Crippen molar-refractivity contribution in [1.29, 1.82) is 0 Å². The van der Waals surface area contributed by atoms with Gasteiger partial charge in [0.2, 0.25) is 0 Å². The summed E-state index contributed by atoms with van der Waals surface area (Å²) in [5.41, 5.74) is 0.743. The number of ether oxygens (including phenoxy) is 2. The molecule has 0 bridgehead atoms. The molecule has 4 nitrogen and oxygen atoms in total. The zero-order chi connectivity index (χ0) is 14.8. The van der Waals surface area contributed by atoms with Crippen LogP contribution in [0.4, 0.5) is 0 Å². The highest BCUT2D eigenvalue weighted by atomic mass is 16.6. The molecule has 1 saturated heterocycles. The first kappa shape index (κ1) is 17.4. The summed E-state index contributed by atoms with van der Waals surface area (Å²) in [7, 11) is 1.50. The van der Waals surface area contributed by atoms with Crippen molar-refractivity contribution in [2.75, 3.05) is 33.4 Å². The maximum absolute atomic E-state index is 10.2. The average molecular weight is 283 g/mol. The van der Waals surface area contributed by atoms with Crippen molar-refractivity contribution in [2.24, 2.45) is 5.92 Å².